The fourth-order valence-electron chi connectivity index (χ4n) is 1.06. The van der Waals surface area contributed by atoms with Crippen molar-refractivity contribution in [2.75, 3.05) is 34.2 Å². The first kappa shape index (κ1) is 14.4. The van der Waals surface area contributed by atoms with Crippen molar-refractivity contribution in [2.24, 2.45) is 11.3 Å². The molecule has 0 saturated carbocycles. The molecule has 0 heterocycles. The van der Waals surface area contributed by atoms with E-state index in [9.17, 15) is 4.79 Å². The number of quaternary nitrogens is 1. The molecule has 15 heavy (non-hydrogen) atoms. The van der Waals surface area contributed by atoms with Gasteiger partial charge in [-0.25, -0.2) is 0 Å². The van der Waals surface area contributed by atoms with Crippen molar-refractivity contribution in [3.8, 4) is 0 Å². The van der Waals surface area contributed by atoms with E-state index in [1.807, 2.05) is 6.92 Å². The van der Waals surface area contributed by atoms with Gasteiger partial charge in [-0.1, -0.05) is 27.7 Å². The zero-order chi connectivity index (χ0) is 12.3. The Labute approximate surface area is 94.4 Å². The van der Waals surface area contributed by atoms with Gasteiger partial charge in [-0.2, -0.15) is 0 Å². The summed E-state index contributed by atoms with van der Waals surface area (Å²) in [5.74, 6) is 0.223. The van der Waals surface area contributed by atoms with E-state index in [0.29, 0.717) is 0 Å². The number of carbonyl (C=O) groups excluding carboxylic acids is 1. The predicted octanol–water partition coefficient (Wildman–Crippen LogP) is 1.49. The molecular weight excluding hydrogens is 188 g/mol. The maximum atomic E-state index is 11.8. The molecule has 0 bridgehead atoms. The number of rotatable bonds is 4. The summed E-state index contributed by atoms with van der Waals surface area (Å²) in [6.45, 7) is 9.98. The fourth-order valence-corrected chi connectivity index (χ4v) is 1.06. The molecule has 1 atom stereocenters. The Morgan fingerprint density at radius 3 is 2.07 bits per heavy atom. The number of hydrogen-bond donors (Lipinski definition) is 1. The molecule has 0 aliphatic heterocycles. The summed E-state index contributed by atoms with van der Waals surface area (Å²) >= 11 is 0. The highest BCUT2D eigenvalue weighted by atomic mass is 16.1. The van der Waals surface area contributed by atoms with E-state index >= 15 is 0 Å². The molecule has 1 unspecified atom stereocenters. The molecule has 1 N–H and O–H groups in total. The second-order valence-corrected chi connectivity index (χ2v) is 6.39. The van der Waals surface area contributed by atoms with E-state index in [1.54, 1.807) is 0 Å². The highest BCUT2D eigenvalue weighted by Crippen LogP contribution is 2.25. The summed E-state index contributed by atoms with van der Waals surface area (Å²) in [5.41, 5.74) is 0.0423. The Balaban J connectivity index is 3.96. The number of nitrogens with zero attached hydrogens (tertiary/aromatic N) is 1. The Morgan fingerprint density at radius 1 is 1.27 bits per heavy atom. The van der Waals surface area contributed by atoms with Gasteiger partial charge in [0.1, 0.15) is 0 Å². The monoisotopic (exact) mass is 215 g/mol. The van der Waals surface area contributed by atoms with Crippen molar-refractivity contribution in [2.45, 2.75) is 27.7 Å². The molecule has 3 nitrogen and oxygen atoms in total. The molecule has 1 amide bonds. The van der Waals surface area contributed by atoms with Gasteiger partial charge in [-0.3, -0.25) is 4.79 Å². The van der Waals surface area contributed by atoms with Crippen LogP contribution in [0, 0.1) is 11.3 Å². The van der Waals surface area contributed by atoms with Crippen molar-refractivity contribution in [1.29, 1.82) is 0 Å². The van der Waals surface area contributed by atoms with E-state index in [0.717, 1.165) is 17.6 Å². The number of likely N-dealkylation sites (N-methyl/N-ethyl adjacent to an activating group) is 1. The number of amides is 1. The van der Waals surface area contributed by atoms with Gasteiger partial charge >= 0.3 is 0 Å². The Bertz CT molecular complexity index is 211. The second kappa shape index (κ2) is 4.97. The van der Waals surface area contributed by atoms with E-state index in [1.165, 1.54) is 0 Å². The second-order valence-electron chi connectivity index (χ2n) is 6.39. The van der Waals surface area contributed by atoms with Gasteiger partial charge in [-0.05, 0) is 5.41 Å². The molecule has 0 aliphatic rings. The van der Waals surface area contributed by atoms with Crippen LogP contribution in [0.5, 0.6) is 0 Å². The third-order valence-corrected chi connectivity index (χ3v) is 2.77. The zero-order valence-corrected chi connectivity index (χ0v) is 11.3. The van der Waals surface area contributed by atoms with Gasteiger partial charge in [0.2, 0.25) is 5.91 Å². The fraction of sp³-hybridized carbons (Fsp3) is 0.917. The minimum absolute atomic E-state index is 0.0423. The lowest BCUT2D eigenvalue weighted by atomic mass is 9.81. The molecule has 0 radical (unpaired) electrons. The first-order valence-electron chi connectivity index (χ1n) is 5.62. The quantitative estimate of drug-likeness (QED) is 0.707. The molecular formula is C12H27N2O+. The van der Waals surface area contributed by atoms with Gasteiger partial charge in [0, 0.05) is 5.92 Å². The average Bonchev–Trinajstić information content (AvgIpc) is 1.98. The summed E-state index contributed by atoms with van der Waals surface area (Å²) in [7, 11) is 6.37. The SMILES string of the molecule is CC(C(=O)NCC[N+](C)(C)C)C(C)(C)C. The average molecular weight is 215 g/mol. The van der Waals surface area contributed by atoms with Crippen LogP contribution < -0.4 is 5.32 Å². The maximum absolute atomic E-state index is 11.8. The first-order valence-corrected chi connectivity index (χ1v) is 5.62. The van der Waals surface area contributed by atoms with Crippen LogP contribution >= 0.6 is 0 Å². The van der Waals surface area contributed by atoms with Crippen molar-refractivity contribution in [3.63, 3.8) is 0 Å². The summed E-state index contributed by atoms with van der Waals surface area (Å²) in [5, 5.41) is 2.99. The molecule has 3 heteroatoms. The van der Waals surface area contributed by atoms with Crippen LogP contribution in [0.4, 0.5) is 0 Å². The molecule has 0 aliphatic carbocycles. The van der Waals surface area contributed by atoms with Gasteiger partial charge in [0.25, 0.3) is 0 Å². The minimum atomic E-state index is 0.0423. The van der Waals surface area contributed by atoms with Crippen molar-refractivity contribution in [1.82, 2.24) is 5.32 Å². The lowest BCUT2D eigenvalue weighted by molar-refractivity contribution is -0.869. The van der Waals surface area contributed by atoms with Gasteiger partial charge in [0.15, 0.2) is 0 Å². The number of nitrogens with one attached hydrogen (secondary N) is 1. The van der Waals surface area contributed by atoms with E-state index in [2.05, 4.69) is 47.2 Å². The van der Waals surface area contributed by atoms with Crippen molar-refractivity contribution < 1.29 is 9.28 Å². The van der Waals surface area contributed by atoms with E-state index in [-0.39, 0.29) is 17.2 Å². The van der Waals surface area contributed by atoms with Crippen molar-refractivity contribution in [3.05, 3.63) is 0 Å². The largest absolute Gasteiger partial charge is 0.350 e. The molecule has 90 valence electrons. The molecule has 0 fully saturated rings. The van der Waals surface area contributed by atoms with E-state index in [4.69, 9.17) is 0 Å². The van der Waals surface area contributed by atoms with Crippen LogP contribution in [0.2, 0.25) is 0 Å². The predicted molar refractivity (Wildman–Crippen MR) is 64.5 cm³/mol. The van der Waals surface area contributed by atoms with E-state index < -0.39 is 0 Å². The molecule has 0 spiro atoms. The van der Waals surface area contributed by atoms with Crippen LogP contribution in [-0.2, 0) is 4.79 Å². The highest BCUT2D eigenvalue weighted by molar-refractivity contribution is 5.78. The van der Waals surface area contributed by atoms with Gasteiger partial charge in [-0.15, -0.1) is 0 Å². The Hall–Kier alpha value is -0.570. The highest BCUT2D eigenvalue weighted by Gasteiger charge is 2.26. The smallest absolute Gasteiger partial charge is 0.223 e. The molecule has 0 aromatic rings. The third kappa shape index (κ3) is 6.50. The van der Waals surface area contributed by atoms with Crippen molar-refractivity contribution >= 4 is 5.91 Å². The zero-order valence-electron chi connectivity index (χ0n) is 11.3. The van der Waals surface area contributed by atoms with Crippen LogP contribution in [-0.4, -0.2) is 44.6 Å². The maximum Gasteiger partial charge on any atom is 0.223 e. The number of hydrogen-bond acceptors (Lipinski definition) is 1. The lowest BCUT2D eigenvalue weighted by Crippen LogP contribution is -2.44. The standard InChI is InChI=1S/C12H26N2O/c1-10(12(2,3)4)11(15)13-8-9-14(5,6)7/h10H,8-9H2,1-7H3/p+1. The summed E-state index contributed by atoms with van der Waals surface area (Å²) in [6.07, 6.45) is 0. The van der Waals surface area contributed by atoms with Gasteiger partial charge < -0.3 is 9.80 Å². The third-order valence-electron chi connectivity index (χ3n) is 2.77. The van der Waals surface area contributed by atoms with Crippen LogP contribution in [0.3, 0.4) is 0 Å². The molecule has 0 saturated heterocycles. The molecule has 0 aromatic heterocycles. The lowest BCUT2D eigenvalue weighted by Gasteiger charge is -2.27. The molecule has 0 rings (SSSR count). The topological polar surface area (TPSA) is 29.1 Å². The van der Waals surface area contributed by atoms with Gasteiger partial charge in [0.05, 0.1) is 34.2 Å². The van der Waals surface area contributed by atoms with Crippen LogP contribution in [0.15, 0.2) is 0 Å². The Morgan fingerprint density at radius 2 is 1.73 bits per heavy atom. The summed E-state index contributed by atoms with van der Waals surface area (Å²) in [6, 6.07) is 0. The van der Waals surface area contributed by atoms with Crippen LogP contribution in [0.25, 0.3) is 0 Å². The number of carbonyl (C=O) groups is 1. The minimum Gasteiger partial charge on any atom is -0.350 e. The molecule has 0 aromatic carbocycles. The Kier molecular flexibility index (Phi) is 4.78. The summed E-state index contributed by atoms with van der Waals surface area (Å²) < 4.78 is 0.879. The normalized spacial score (nSPS) is 14.9. The summed E-state index contributed by atoms with van der Waals surface area (Å²) in [4.78, 5) is 11.8. The van der Waals surface area contributed by atoms with Crippen LogP contribution in [0.1, 0.15) is 27.7 Å². The first-order chi connectivity index (χ1) is 6.54.